The van der Waals surface area contributed by atoms with E-state index in [1.165, 1.54) is 25.0 Å². The molecule has 6 rings (SSSR count). The monoisotopic (exact) mass is 472 g/mol. The van der Waals surface area contributed by atoms with Gasteiger partial charge < -0.3 is 24.8 Å². The van der Waals surface area contributed by atoms with Crippen LogP contribution in [-0.4, -0.2) is 63.3 Å². The van der Waals surface area contributed by atoms with Gasteiger partial charge in [0, 0.05) is 72.1 Å². The van der Waals surface area contributed by atoms with Crippen molar-refractivity contribution >= 4 is 28.4 Å². The SMILES string of the molecule is Cc1cc2c(C)c(Oc3nc(Nc4cc(C5CCC5)[nH]n4)cc(N4CCN(C)CC4)n3)ccc2[nH]1. The van der Waals surface area contributed by atoms with Crippen molar-refractivity contribution in [1.82, 2.24) is 30.0 Å². The van der Waals surface area contributed by atoms with Gasteiger partial charge >= 0.3 is 6.01 Å². The van der Waals surface area contributed by atoms with E-state index >= 15 is 0 Å². The van der Waals surface area contributed by atoms with E-state index in [-0.39, 0.29) is 0 Å². The van der Waals surface area contributed by atoms with Crippen LogP contribution < -0.4 is 15.0 Å². The van der Waals surface area contributed by atoms with E-state index in [1.807, 2.05) is 18.2 Å². The Bertz CT molecular complexity index is 1350. The van der Waals surface area contributed by atoms with Crippen molar-refractivity contribution < 1.29 is 4.74 Å². The predicted octanol–water partition coefficient (Wildman–Crippen LogP) is 4.85. The average molecular weight is 473 g/mol. The Morgan fingerprint density at radius 2 is 1.83 bits per heavy atom. The summed E-state index contributed by atoms with van der Waals surface area (Å²) in [6.07, 6.45) is 3.75. The minimum absolute atomic E-state index is 0.327. The highest BCUT2D eigenvalue weighted by atomic mass is 16.5. The molecule has 1 saturated heterocycles. The molecule has 4 heterocycles. The highest BCUT2D eigenvalue weighted by molar-refractivity contribution is 5.86. The van der Waals surface area contributed by atoms with Crippen LogP contribution in [0.2, 0.25) is 0 Å². The van der Waals surface area contributed by atoms with Gasteiger partial charge in [-0.3, -0.25) is 5.10 Å². The molecule has 0 bridgehead atoms. The summed E-state index contributed by atoms with van der Waals surface area (Å²) in [5.41, 5.74) is 4.48. The summed E-state index contributed by atoms with van der Waals surface area (Å²) in [7, 11) is 2.15. The number of aromatic amines is 2. The maximum atomic E-state index is 6.29. The van der Waals surface area contributed by atoms with Crippen LogP contribution in [0, 0.1) is 13.8 Å². The summed E-state index contributed by atoms with van der Waals surface area (Å²) in [5.74, 6) is 3.65. The molecule has 0 atom stereocenters. The summed E-state index contributed by atoms with van der Waals surface area (Å²) in [6, 6.07) is 10.6. The smallest absolute Gasteiger partial charge is 0.325 e. The van der Waals surface area contributed by atoms with E-state index < -0.39 is 0 Å². The quantitative estimate of drug-likeness (QED) is 0.369. The fourth-order valence-corrected chi connectivity index (χ4v) is 4.86. The number of nitrogens with one attached hydrogen (secondary N) is 3. The van der Waals surface area contributed by atoms with Crippen molar-refractivity contribution in [2.24, 2.45) is 0 Å². The number of H-pyrrole nitrogens is 2. The van der Waals surface area contributed by atoms with E-state index in [1.54, 1.807) is 0 Å². The van der Waals surface area contributed by atoms with Crippen molar-refractivity contribution in [3.8, 4) is 11.8 Å². The Hall–Kier alpha value is -3.59. The molecule has 0 radical (unpaired) electrons. The first-order valence-corrected chi connectivity index (χ1v) is 12.4. The molecule has 9 heteroatoms. The third kappa shape index (κ3) is 4.43. The maximum Gasteiger partial charge on any atom is 0.325 e. The zero-order chi connectivity index (χ0) is 23.9. The lowest BCUT2D eigenvalue weighted by molar-refractivity contribution is 0.311. The maximum absolute atomic E-state index is 6.29. The summed E-state index contributed by atoms with van der Waals surface area (Å²) in [5, 5.41) is 12.2. The first-order valence-electron chi connectivity index (χ1n) is 12.4. The molecule has 2 fully saturated rings. The number of aromatic nitrogens is 5. The van der Waals surface area contributed by atoms with Gasteiger partial charge in [-0.05, 0) is 51.9 Å². The number of fused-ring (bicyclic) bond motifs is 1. The second-order valence-electron chi connectivity index (χ2n) is 9.85. The first kappa shape index (κ1) is 21.9. The minimum Gasteiger partial charge on any atom is -0.424 e. The Balaban J connectivity index is 1.31. The molecular formula is C26H32N8O. The first-order chi connectivity index (χ1) is 17.0. The number of aryl methyl sites for hydroxylation is 2. The van der Waals surface area contributed by atoms with Crippen molar-refractivity contribution in [2.75, 3.05) is 43.4 Å². The molecule has 1 saturated carbocycles. The van der Waals surface area contributed by atoms with Crippen LogP contribution in [0.1, 0.15) is 42.1 Å². The largest absolute Gasteiger partial charge is 0.424 e. The summed E-state index contributed by atoms with van der Waals surface area (Å²) in [4.78, 5) is 17.5. The fraction of sp³-hybridized carbons (Fsp3) is 0.423. The highest BCUT2D eigenvalue weighted by Crippen LogP contribution is 2.36. The lowest BCUT2D eigenvalue weighted by Gasteiger charge is -2.33. The molecule has 0 amide bonds. The van der Waals surface area contributed by atoms with Gasteiger partial charge in [-0.2, -0.15) is 15.1 Å². The zero-order valence-corrected chi connectivity index (χ0v) is 20.6. The van der Waals surface area contributed by atoms with Crippen LogP contribution in [0.25, 0.3) is 10.9 Å². The Labute approximate surface area is 204 Å². The molecule has 35 heavy (non-hydrogen) atoms. The van der Waals surface area contributed by atoms with E-state index in [9.17, 15) is 0 Å². The van der Waals surface area contributed by atoms with Gasteiger partial charge in [0.2, 0.25) is 0 Å². The van der Waals surface area contributed by atoms with Gasteiger partial charge in [0.25, 0.3) is 0 Å². The lowest BCUT2D eigenvalue weighted by atomic mass is 9.83. The Morgan fingerprint density at radius 1 is 1.00 bits per heavy atom. The Kier molecular flexibility index (Phi) is 5.56. The molecule has 0 spiro atoms. The third-order valence-electron chi connectivity index (χ3n) is 7.28. The third-order valence-corrected chi connectivity index (χ3v) is 7.28. The fourth-order valence-electron chi connectivity index (χ4n) is 4.86. The van der Waals surface area contributed by atoms with Crippen LogP contribution in [0.15, 0.2) is 30.3 Å². The molecule has 182 valence electrons. The highest BCUT2D eigenvalue weighted by Gasteiger charge is 2.22. The van der Waals surface area contributed by atoms with Crippen LogP contribution in [0.4, 0.5) is 17.5 Å². The van der Waals surface area contributed by atoms with Gasteiger partial charge in [-0.25, -0.2) is 0 Å². The number of benzene rings is 1. The van der Waals surface area contributed by atoms with E-state index in [2.05, 4.69) is 63.3 Å². The van der Waals surface area contributed by atoms with Gasteiger partial charge in [-0.1, -0.05) is 6.42 Å². The van der Waals surface area contributed by atoms with Gasteiger partial charge in [-0.15, -0.1) is 0 Å². The normalized spacial score (nSPS) is 17.1. The molecular weight excluding hydrogens is 440 g/mol. The van der Waals surface area contributed by atoms with Gasteiger partial charge in [0.1, 0.15) is 17.4 Å². The van der Waals surface area contributed by atoms with Crippen molar-refractivity contribution in [3.05, 3.63) is 47.3 Å². The molecule has 4 aromatic rings. The molecule has 2 aliphatic rings. The number of ether oxygens (including phenoxy) is 1. The molecule has 1 aliphatic heterocycles. The number of anilines is 3. The molecule has 1 aliphatic carbocycles. The second kappa shape index (κ2) is 8.88. The number of rotatable bonds is 6. The van der Waals surface area contributed by atoms with Crippen LogP contribution in [-0.2, 0) is 0 Å². The van der Waals surface area contributed by atoms with Gasteiger partial charge in [0.15, 0.2) is 5.82 Å². The van der Waals surface area contributed by atoms with Crippen molar-refractivity contribution in [1.29, 1.82) is 0 Å². The molecule has 0 unspecified atom stereocenters. The second-order valence-corrected chi connectivity index (χ2v) is 9.85. The predicted molar refractivity (Wildman–Crippen MR) is 138 cm³/mol. The topological polar surface area (TPSA) is 98.0 Å². The summed E-state index contributed by atoms with van der Waals surface area (Å²) in [6.45, 7) is 7.94. The van der Waals surface area contributed by atoms with E-state index in [0.717, 1.165) is 65.7 Å². The minimum atomic E-state index is 0.327. The van der Waals surface area contributed by atoms with Crippen molar-refractivity contribution in [2.45, 2.75) is 39.0 Å². The van der Waals surface area contributed by atoms with Crippen molar-refractivity contribution in [3.63, 3.8) is 0 Å². The lowest BCUT2D eigenvalue weighted by Crippen LogP contribution is -2.44. The number of hydrogen-bond donors (Lipinski definition) is 3. The van der Waals surface area contributed by atoms with Crippen LogP contribution in [0.5, 0.6) is 11.8 Å². The van der Waals surface area contributed by atoms with Crippen LogP contribution >= 0.6 is 0 Å². The van der Waals surface area contributed by atoms with Gasteiger partial charge in [0.05, 0.1) is 0 Å². The van der Waals surface area contributed by atoms with Crippen LogP contribution in [0.3, 0.4) is 0 Å². The standard InChI is InChI=1S/C26H32N8O/c1-16-13-19-17(2)22(8-7-20(19)27-16)35-26-29-23(15-25(30-26)34-11-9-33(3)10-12-34)28-24-14-21(31-32-24)18-5-4-6-18/h7-8,13-15,18,27H,4-6,9-12H2,1-3H3,(H2,28,29,30,31,32). The Morgan fingerprint density at radius 3 is 2.60 bits per heavy atom. The summed E-state index contributed by atoms with van der Waals surface area (Å²) >= 11 is 0. The number of hydrogen-bond acceptors (Lipinski definition) is 7. The van der Waals surface area contributed by atoms with E-state index in [0.29, 0.717) is 17.7 Å². The average Bonchev–Trinajstić information content (AvgIpc) is 3.41. The number of likely N-dealkylation sites (N-methyl/N-ethyl adjacent to an activating group) is 1. The number of piperazine rings is 1. The van der Waals surface area contributed by atoms with E-state index in [4.69, 9.17) is 14.7 Å². The molecule has 3 N–H and O–H groups in total. The molecule has 3 aromatic heterocycles. The zero-order valence-electron chi connectivity index (χ0n) is 20.6. The molecule has 9 nitrogen and oxygen atoms in total. The number of nitrogens with zero attached hydrogens (tertiary/aromatic N) is 5. The molecule has 1 aromatic carbocycles. The summed E-state index contributed by atoms with van der Waals surface area (Å²) < 4.78 is 6.29.